The van der Waals surface area contributed by atoms with Gasteiger partial charge in [-0.25, -0.2) is 0 Å². The molecule has 0 saturated heterocycles. The molecule has 1 spiro atoms. The van der Waals surface area contributed by atoms with Crippen molar-refractivity contribution in [2.75, 3.05) is 0 Å². The lowest BCUT2D eigenvalue weighted by Crippen LogP contribution is -2.25. The fourth-order valence-electron chi connectivity index (χ4n) is 4.56. The van der Waals surface area contributed by atoms with Crippen molar-refractivity contribution in [2.45, 2.75) is 50.0 Å². The van der Waals surface area contributed by atoms with Crippen molar-refractivity contribution in [3.63, 3.8) is 0 Å². The SMILES string of the molecule is Cc1ccc(S(=O)(=O)O[C@H]2C[C@H]3CC[C@@H]2C32CC2)cc1. The van der Waals surface area contributed by atoms with Gasteiger partial charge in [-0.3, -0.25) is 4.18 Å². The largest absolute Gasteiger partial charge is 0.297 e. The van der Waals surface area contributed by atoms with E-state index in [1.807, 2.05) is 19.1 Å². The Morgan fingerprint density at radius 2 is 1.85 bits per heavy atom. The predicted molar refractivity (Wildman–Crippen MR) is 75.7 cm³/mol. The second kappa shape index (κ2) is 4.08. The highest BCUT2D eigenvalue weighted by Crippen LogP contribution is 2.71. The maximum atomic E-state index is 12.4. The molecule has 3 aliphatic carbocycles. The maximum Gasteiger partial charge on any atom is 0.297 e. The van der Waals surface area contributed by atoms with Crippen LogP contribution in [0.4, 0.5) is 0 Å². The quantitative estimate of drug-likeness (QED) is 0.803. The summed E-state index contributed by atoms with van der Waals surface area (Å²) < 4.78 is 30.4. The number of rotatable bonds is 3. The van der Waals surface area contributed by atoms with Gasteiger partial charge in [0.1, 0.15) is 0 Å². The van der Waals surface area contributed by atoms with Gasteiger partial charge in [0.2, 0.25) is 0 Å². The summed E-state index contributed by atoms with van der Waals surface area (Å²) >= 11 is 0. The monoisotopic (exact) mass is 292 g/mol. The Balaban J connectivity index is 1.56. The van der Waals surface area contributed by atoms with Crippen molar-refractivity contribution in [2.24, 2.45) is 17.3 Å². The molecule has 0 unspecified atom stereocenters. The smallest absolute Gasteiger partial charge is 0.263 e. The van der Waals surface area contributed by atoms with E-state index in [2.05, 4.69) is 0 Å². The van der Waals surface area contributed by atoms with Gasteiger partial charge in [0.05, 0.1) is 11.0 Å². The molecule has 0 aromatic heterocycles. The summed E-state index contributed by atoms with van der Waals surface area (Å²) in [7, 11) is -3.61. The van der Waals surface area contributed by atoms with Gasteiger partial charge in [0.25, 0.3) is 10.1 Å². The summed E-state index contributed by atoms with van der Waals surface area (Å²) in [5, 5.41) is 0. The van der Waals surface area contributed by atoms with Crippen LogP contribution in [0.2, 0.25) is 0 Å². The van der Waals surface area contributed by atoms with Crippen molar-refractivity contribution in [3.05, 3.63) is 29.8 Å². The molecule has 3 saturated carbocycles. The minimum Gasteiger partial charge on any atom is -0.263 e. The topological polar surface area (TPSA) is 43.4 Å². The fraction of sp³-hybridized carbons (Fsp3) is 0.625. The molecular formula is C16H20O3S. The average molecular weight is 292 g/mol. The number of benzene rings is 1. The molecule has 3 atom stereocenters. The lowest BCUT2D eigenvalue weighted by molar-refractivity contribution is 0.136. The minimum atomic E-state index is -3.61. The highest BCUT2D eigenvalue weighted by Gasteiger charge is 2.65. The van der Waals surface area contributed by atoms with Gasteiger partial charge in [-0.2, -0.15) is 8.42 Å². The Hall–Kier alpha value is -0.870. The van der Waals surface area contributed by atoms with E-state index in [0.29, 0.717) is 17.3 Å². The van der Waals surface area contributed by atoms with E-state index in [1.54, 1.807) is 12.1 Å². The average Bonchev–Trinajstić information content (AvgIpc) is 3.06. The van der Waals surface area contributed by atoms with E-state index in [9.17, 15) is 8.42 Å². The molecule has 20 heavy (non-hydrogen) atoms. The van der Waals surface area contributed by atoms with Crippen molar-refractivity contribution in [1.29, 1.82) is 0 Å². The van der Waals surface area contributed by atoms with Gasteiger partial charge in [-0.15, -0.1) is 0 Å². The van der Waals surface area contributed by atoms with Gasteiger partial charge in [0.15, 0.2) is 0 Å². The van der Waals surface area contributed by atoms with Crippen LogP contribution in [0.15, 0.2) is 29.2 Å². The summed E-state index contributed by atoms with van der Waals surface area (Å²) in [6, 6.07) is 6.92. The molecule has 1 aromatic rings. The summed E-state index contributed by atoms with van der Waals surface area (Å²) in [6.07, 6.45) is 5.85. The summed E-state index contributed by atoms with van der Waals surface area (Å²) in [5.74, 6) is 1.19. The van der Waals surface area contributed by atoms with E-state index in [-0.39, 0.29) is 11.0 Å². The second-order valence-electron chi connectivity index (χ2n) is 6.75. The zero-order valence-electron chi connectivity index (χ0n) is 11.7. The third-order valence-corrected chi connectivity index (χ3v) is 7.08. The molecular weight excluding hydrogens is 272 g/mol. The predicted octanol–water partition coefficient (Wildman–Crippen LogP) is 3.28. The Morgan fingerprint density at radius 3 is 2.45 bits per heavy atom. The fourth-order valence-corrected chi connectivity index (χ4v) is 5.68. The van der Waals surface area contributed by atoms with E-state index >= 15 is 0 Å². The molecule has 0 N–H and O–H groups in total. The zero-order chi connectivity index (χ0) is 14.0. The van der Waals surface area contributed by atoms with Crippen LogP contribution in [0.3, 0.4) is 0 Å². The number of aryl methyl sites for hydroxylation is 1. The van der Waals surface area contributed by atoms with Crippen molar-refractivity contribution < 1.29 is 12.6 Å². The molecule has 0 radical (unpaired) electrons. The van der Waals surface area contributed by atoms with Crippen LogP contribution in [0.25, 0.3) is 0 Å². The van der Waals surface area contributed by atoms with Crippen molar-refractivity contribution in [1.82, 2.24) is 0 Å². The van der Waals surface area contributed by atoms with Gasteiger partial charge in [-0.05, 0) is 68.4 Å². The van der Waals surface area contributed by atoms with Crippen LogP contribution in [-0.4, -0.2) is 14.5 Å². The third-order valence-electron chi connectivity index (χ3n) is 5.73. The summed E-state index contributed by atoms with van der Waals surface area (Å²) in [6.45, 7) is 1.95. The molecule has 3 fully saturated rings. The van der Waals surface area contributed by atoms with Gasteiger partial charge in [0, 0.05) is 0 Å². The zero-order valence-corrected chi connectivity index (χ0v) is 12.5. The first-order valence-electron chi connectivity index (χ1n) is 7.51. The summed E-state index contributed by atoms with van der Waals surface area (Å²) in [4.78, 5) is 0.288. The Kier molecular flexibility index (Phi) is 2.62. The number of hydrogen-bond acceptors (Lipinski definition) is 3. The molecule has 108 valence electrons. The van der Waals surface area contributed by atoms with Crippen molar-refractivity contribution >= 4 is 10.1 Å². The molecule has 0 heterocycles. The van der Waals surface area contributed by atoms with E-state index in [4.69, 9.17) is 4.18 Å². The van der Waals surface area contributed by atoms with Crippen LogP contribution in [-0.2, 0) is 14.3 Å². The van der Waals surface area contributed by atoms with Gasteiger partial charge < -0.3 is 0 Å². The van der Waals surface area contributed by atoms with E-state index in [0.717, 1.165) is 18.4 Å². The minimum absolute atomic E-state index is 0.0810. The first-order valence-corrected chi connectivity index (χ1v) is 8.92. The third kappa shape index (κ3) is 1.77. The molecule has 3 nitrogen and oxygen atoms in total. The van der Waals surface area contributed by atoms with Crippen LogP contribution in [0.5, 0.6) is 0 Å². The Morgan fingerprint density at radius 1 is 1.15 bits per heavy atom. The summed E-state index contributed by atoms with van der Waals surface area (Å²) in [5.41, 5.74) is 1.52. The van der Waals surface area contributed by atoms with Crippen LogP contribution >= 0.6 is 0 Å². The first-order chi connectivity index (χ1) is 9.51. The standard InChI is InChI=1S/C16H20O3S/c1-11-2-5-13(6-3-11)20(17,18)19-15-10-12-4-7-14(15)16(12)8-9-16/h2-3,5-6,12,14-15H,4,7-10H2,1H3/t12-,14+,15+/m1/s1. The first kappa shape index (κ1) is 12.8. The van der Waals surface area contributed by atoms with Gasteiger partial charge >= 0.3 is 0 Å². The highest BCUT2D eigenvalue weighted by molar-refractivity contribution is 7.86. The molecule has 3 aliphatic rings. The molecule has 0 aliphatic heterocycles. The highest BCUT2D eigenvalue weighted by atomic mass is 32.2. The van der Waals surface area contributed by atoms with Crippen molar-refractivity contribution in [3.8, 4) is 0 Å². The lowest BCUT2D eigenvalue weighted by Gasteiger charge is -2.22. The number of hydrogen-bond donors (Lipinski definition) is 0. The maximum absolute atomic E-state index is 12.4. The van der Waals surface area contributed by atoms with Crippen LogP contribution in [0, 0.1) is 24.2 Å². The van der Waals surface area contributed by atoms with Gasteiger partial charge in [-0.1, -0.05) is 17.7 Å². The van der Waals surface area contributed by atoms with E-state index in [1.165, 1.54) is 19.3 Å². The Bertz CT molecular complexity index is 628. The molecule has 4 heteroatoms. The molecule has 4 rings (SSSR count). The molecule has 0 amide bonds. The van der Waals surface area contributed by atoms with E-state index < -0.39 is 10.1 Å². The normalized spacial score (nSPS) is 33.8. The Labute approximate surface area is 120 Å². The molecule has 2 bridgehead atoms. The second-order valence-corrected chi connectivity index (χ2v) is 8.32. The lowest BCUT2D eigenvalue weighted by atomic mass is 9.94. The van der Waals surface area contributed by atoms with Crippen LogP contribution < -0.4 is 0 Å². The molecule has 1 aromatic carbocycles. The van der Waals surface area contributed by atoms with Crippen LogP contribution in [0.1, 0.15) is 37.7 Å².